The van der Waals surface area contributed by atoms with Crippen LogP contribution in [0.2, 0.25) is 0 Å². The van der Waals surface area contributed by atoms with Crippen LogP contribution in [0.15, 0.2) is 30.3 Å². The third-order valence-corrected chi connectivity index (χ3v) is 15.1. The van der Waals surface area contributed by atoms with Crippen molar-refractivity contribution in [2.45, 2.75) is 129 Å². The smallest absolute Gasteiger partial charge is 0.315 e. The summed E-state index contributed by atoms with van der Waals surface area (Å²) in [6, 6.07) is 5.90. The first kappa shape index (κ1) is 41.1. The summed E-state index contributed by atoms with van der Waals surface area (Å²) < 4.78 is 0. The molecule has 1 aromatic rings. The molecule has 9 rings (SSSR count). The van der Waals surface area contributed by atoms with Gasteiger partial charge in [-0.1, -0.05) is 78.3 Å². The molecule has 12 heteroatoms. The average Bonchev–Trinajstić information content (AvgIpc) is 3.43. The number of fused-ring (bicyclic) bond motifs is 1. The molecule has 5 amide bonds. The third kappa shape index (κ3) is 7.21. The second kappa shape index (κ2) is 14.6. The molecule has 1 saturated heterocycles. The second-order valence-corrected chi connectivity index (χ2v) is 20.5. The molecule has 8 unspecified atom stereocenters. The highest BCUT2D eigenvalue weighted by Crippen LogP contribution is 2.81. The van der Waals surface area contributed by atoms with Gasteiger partial charge in [-0.3, -0.25) is 28.8 Å². The molecule has 7 saturated carbocycles. The van der Waals surface area contributed by atoms with E-state index in [0.717, 1.165) is 12.8 Å². The largest absolute Gasteiger partial charge is 0.347 e. The molecule has 8 aliphatic rings. The molecule has 1 aliphatic heterocycles. The zero-order valence-corrected chi connectivity index (χ0v) is 35.1. The summed E-state index contributed by atoms with van der Waals surface area (Å²) in [5, 5.41) is 9.15. The van der Waals surface area contributed by atoms with Gasteiger partial charge < -0.3 is 25.8 Å². The Labute approximate surface area is 337 Å². The number of carbonyl (C=O) groups is 7. The molecule has 11 atom stereocenters. The average molecular weight is 786 g/mol. The van der Waals surface area contributed by atoms with Crippen LogP contribution in [-0.2, 0) is 28.8 Å². The molecule has 1 aromatic carbocycles. The highest BCUT2D eigenvalue weighted by molar-refractivity contribution is 6.38. The molecular formula is C45H63N5O7. The van der Waals surface area contributed by atoms with Crippen molar-refractivity contribution in [3.63, 3.8) is 0 Å². The number of nitrogens with zero attached hydrogens (tertiary/aromatic N) is 2. The van der Waals surface area contributed by atoms with Gasteiger partial charge in [-0.25, -0.2) is 4.79 Å². The van der Waals surface area contributed by atoms with E-state index >= 15 is 0 Å². The Bertz CT molecular complexity index is 1830. The minimum atomic E-state index is -0.942. The molecule has 1 heterocycles. The Kier molecular flexibility index (Phi) is 10.5. The summed E-state index contributed by atoms with van der Waals surface area (Å²) in [5.74, 6) is -1.78. The van der Waals surface area contributed by atoms with E-state index in [0.29, 0.717) is 48.1 Å². The number of ketones is 3. The van der Waals surface area contributed by atoms with E-state index < -0.39 is 46.9 Å². The maximum absolute atomic E-state index is 14.6. The van der Waals surface area contributed by atoms with E-state index in [9.17, 15) is 33.6 Å². The monoisotopic (exact) mass is 785 g/mol. The summed E-state index contributed by atoms with van der Waals surface area (Å²) in [7, 11) is 3.19. The van der Waals surface area contributed by atoms with Gasteiger partial charge in [0.25, 0.3) is 0 Å². The number of hydrogen-bond acceptors (Lipinski definition) is 7. The molecule has 8 fully saturated rings. The molecule has 5 bridgehead atoms. The molecular weight excluding hydrogens is 723 g/mol. The van der Waals surface area contributed by atoms with Crippen LogP contribution in [0.4, 0.5) is 4.79 Å². The van der Waals surface area contributed by atoms with Gasteiger partial charge in [0.2, 0.25) is 23.5 Å². The van der Waals surface area contributed by atoms with Gasteiger partial charge in [-0.15, -0.1) is 0 Å². The van der Waals surface area contributed by atoms with Gasteiger partial charge in [0.05, 0.1) is 6.04 Å². The molecule has 12 nitrogen and oxygen atoms in total. The number of Topliss-reactive ketones (excluding diaryl/α,β-unsaturated/α-hetero) is 3. The van der Waals surface area contributed by atoms with Gasteiger partial charge in [-0.05, 0) is 89.9 Å². The van der Waals surface area contributed by atoms with Crippen LogP contribution in [0.25, 0.3) is 0 Å². The molecule has 310 valence electrons. The van der Waals surface area contributed by atoms with E-state index in [1.165, 1.54) is 24.2 Å². The van der Waals surface area contributed by atoms with E-state index in [4.69, 9.17) is 0 Å². The molecule has 0 aromatic heterocycles. The summed E-state index contributed by atoms with van der Waals surface area (Å²) >= 11 is 0. The fourth-order valence-corrected chi connectivity index (χ4v) is 12.7. The van der Waals surface area contributed by atoms with Crippen molar-refractivity contribution >= 4 is 41.1 Å². The standard InChI is InChI=1S/C45H63N5O7/c1-9-13-27(36(54)30(51)16-17-32(53)46-34(39(55)49(7)8)26-14-11-10-12-15-26)19-31(52)35-33-29(43(33,5)6)23-50(35)40(56)38(42(2,3)4)47-41(57)48-45-21-25-18-28-22-44(20-25,24-45)37(28)45/h10-12,14-15,25,27-29,33-35,37-38H,9,13,16-24H2,1-8H3,(H,46,53)(H2,47,48,57)/t25?,27?,28?,29?,33?,34-,35+,37?,38+,44?,45?/m0/s1. The number of hydrogen-bond donors (Lipinski definition) is 3. The fraction of sp³-hybridized carbons (Fsp3) is 0.711. The molecule has 1 spiro atoms. The second-order valence-electron chi connectivity index (χ2n) is 20.5. The number of rotatable bonds is 16. The summed E-state index contributed by atoms with van der Waals surface area (Å²) in [5.41, 5.74) is 0.0376. The minimum absolute atomic E-state index is 0.0859. The first-order valence-electron chi connectivity index (χ1n) is 21.3. The van der Waals surface area contributed by atoms with Crippen molar-refractivity contribution in [1.29, 1.82) is 0 Å². The van der Waals surface area contributed by atoms with Crippen molar-refractivity contribution < 1.29 is 33.6 Å². The maximum atomic E-state index is 14.6. The molecule has 57 heavy (non-hydrogen) atoms. The Hall–Kier alpha value is -4.09. The lowest BCUT2D eigenvalue weighted by molar-refractivity contribution is -0.296. The topological polar surface area (TPSA) is 162 Å². The highest BCUT2D eigenvalue weighted by atomic mass is 16.2. The van der Waals surface area contributed by atoms with Gasteiger partial charge in [-0.2, -0.15) is 0 Å². The summed E-state index contributed by atoms with van der Waals surface area (Å²) in [6.07, 6.45) is 5.93. The fourth-order valence-electron chi connectivity index (χ4n) is 12.7. The van der Waals surface area contributed by atoms with Crippen LogP contribution < -0.4 is 16.0 Å². The Morgan fingerprint density at radius 1 is 0.947 bits per heavy atom. The Morgan fingerprint density at radius 3 is 2.26 bits per heavy atom. The quantitative estimate of drug-likeness (QED) is 0.199. The van der Waals surface area contributed by atoms with Crippen LogP contribution in [0.3, 0.4) is 0 Å². The normalized spacial score (nSPS) is 32.3. The molecule has 7 aliphatic carbocycles. The zero-order chi connectivity index (χ0) is 41.4. The number of piperidine rings is 1. The Balaban J connectivity index is 0.992. The lowest BCUT2D eigenvalue weighted by atomic mass is 9.25. The first-order chi connectivity index (χ1) is 26.7. The number of benzene rings is 1. The Morgan fingerprint density at radius 2 is 1.65 bits per heavy atom. The van der Waals surface area contributed by atoms with Crippen LogP contribution in [-0.4, -0.2) is 89.2 Å². The number of likely N-dealkylation sites (tertiary alicyclic amines) is 1. The zero-order valence-electron chi connectivity index (χ0n) is 35.1. The molecule has 3 N–H and O–H groups in total. The van der Waals surface area contributed by atoms with Crippen molar-refractivity contribution in [3.8, 4) is 0 Å². The van der Waals surface area contributed by atoms with Gasteiger partial charge in [0.15, 0.2) is 11.6 Å². The van der Waals surface area contributed by atoms with Gasteiger partial charge >= 0.3 is 6.03 Å². The number of carbonyl (C=O) groups excluding carboxylic acids is 7. The number of amides is 5. The van der Waals surface area contributed by atoms with Crippen LogP contribution in [0.5, 0.6) is 0 Å². The van der Waals surface area contributed by atoms with Crippen LogP contribution in [0.1, 0.15) is 117 Å². The lowest BCUT2D eigenvalue weighted by Gasteiger charge is -2.82. The highest BCUT2D eigenvalue weighted by Gasteiger charge is 2.78. The number of likely N-dealkylation sites (N-methyl/N-ethyl adjacent to an activating group) is 1. The van der Waals surface area contributed by atoms with E-state index in [1.54, 1.807) is 49.3 Å². The number of urea groups is 1. The van der Waals surface area contributed by atoms with Crippen molar-refractivity contribution in [1.82, 2.24) is 25.8 Å². The lowest BCUT2D eigenvalue weighted by Crippen LogP contribution is -2.83. The van der Waals surface area contributed by atoms with Crippen LogP contribution in [0, 0.1) is 51.8 Å². The van der Waals surface area contributed by atoms with Gasteiger partial charge in [0, 0.05) is 51.4 Å². The van der Waals surface area contributed by atoms with E-state index in [-0.39, 0.29) is 65.7 Å². The van der Waals surface area contributed by atoms with Crippen molar-refractivity contribution in [2.24, 2.45) is 51.8 Å². The van der Waals surface area contributed by atoms with Crippen LogP contribution >= 0.6 is 0 Å². The predicted octanol–water partition coefficient (Wildman–Crippen LogP) is 5.00. The molecule has 0 radical (unpaired) electrons. The SMILES string of the molecule is CCCC(CC(=O)[C@@H]1C2C(CN1C(=O)[C@@H](NC(=O)NC13CC4CC5CC(C4)(C1)C53)C(C)(C)C)C2(C)C)C(=O)C(=O)CCC(=O)N[C@H](C(=O)N(C)C)c1ccccc1. The van der Waals surface area contributed by atoms with Crippen molar-refractivity contribution in [3.05, 3.63) is 35.9 Å². The van der Waals surface area contributed by atoms with Crippen molar-refractivity contribution in [2.75, 3.05) is 20.6 Å². The predicted molar refractivity (Wildman–Crippen MR) is 213 cm³/mol. The summed E-state index contributed by atoms with van der Waals surface area (Å²) in [6.45, 7) is 12.2. The first-order valence-corrected chi connectivity index (χ1v) is 21.3. The van der Waals surface area contributed by atoms with Gasteiger partial charge in [0.1, 0.15) is 12.1 Å². The number of nitrogens with one attached hydrogen (secondary N) is 3. The maximum Gasteiger partial charge on any atom is 0.315 e. The summed E-state index contributed by atoms with van der Waals surface area (Å²) in [4.78, 5) is 98.7. The minimum Gasteiger partial charge on any atom is -0.347 e. The van der Waals surface area contributed by atoms with E-state index in [2.05, 4.69) is 29.8 Å². The third-order valence-electron chi connectivity index (χ3n) is 15.1. The van der Waals surface area contributed by atoms with E-state index in [1.807, 2.05) is 27.7 Å².